The summed E-state index contributed by atoms with van der Waals surface area (Å²) in [6, 6.07) is 16.3. The predicted octanol–water partition coefficient (Wildman–Crippen LogP) is 2.64. The van der Waals surface area contributed by atoms with Crippen LogP contribution in [-0.4, -0.2) is 25.5 Å². The molecule has 0 radical (unpaired) electrons. The van der Waals surface area contributed by atoms with Gasteiger partial charge in [-0.05, 0) is 55.2 Å². The van der Waals surface area contributed by atoms with Gasteiger partial charge in [0, 0.05) is 12.2 Å². The van der Waals surface area contributed by atoms with Crippen LogP contribution in [0.2, 0.25) is 0 Å². The van der Waals surface area contributed by atoms with Crippen molar-refractivity contribution >= 4 is 17.5 Å². The fourth-order valence-corrected chi connectivity index (χ4v) is 2.92. The van der Waals surface area contributed by atoms with E-state index in [1.807, 2.05) is 30.3 Å². The van der Waals surface area contributed by atoms with E-state index in [0.717, 1.165) is 11.3 Å². The fourth-order valence-electron chi connectivity index (χ4n) is 2.92. The lowest BCUT2D eigenvalue weighted by molar-refractivity contribution is -0.134. The maximum Gasteiger partial charge on any atom is 0.240 e. The Morgan fingerprint density at radius 1 is 1.15 bits per heavy atom. The van der Waals surface area contributed by atoms with E-state index in [0.29, 0.717) is 37.1 Å². The van der Waals surface area contributed by atoms with E-state index in [9.17, 15) is 9.59 Å². The Hall–Kier alpha value is -3.33. The molecule has 0 unspecified atom stereocenters. The van der Waals surface area contributed by atoms with E-state index in [4.69, 9.17) is 10.00 Å². The topological polar surface area (TPSA) is 91.2 Å². The summed E-state index contributed by atoms with van der Waals surface area (Å²) in [5, 5.41) is 14.6. The van der Waals surface area contributed by atoms with E-state index in [1.165, 1.54) is 0 Å². The SMILES string of the molecule is COc1cccc(CCNC(=O)C2(C(=O)Nc3cccc(C#N)c3)CC2)c1. The summed E-state index contributed by atoms with van der Waals surface area (Å²) in [6.45, 7) is 0.449. The highest BCUT2D eigenvalue weighted by Gasteiger charge is 2.56. The summed E-state index contributed by atoms with van der Waals surface area (Å²) in [7, 11) is 1.61. The minimum absolute atomic E-state index is 0.251. The van der Waals surface area contributed by atoms with Crippen molar-refractivity contribution in [1.29, 1.82) is 5.26 Å². The van der Waals surface area contributed by atoms with Crippen molar-refractivity contribution in [2.45, 2.75) is 19.3 Å². The van der Waals surface area contributed by atoms with Crippen molar-refractivity contribution in [1.82, 2.24) is 5.32 Å². The number of methoxy groups -OCH3 is 1. The molecule has 1 aliphatic rings. The second-order valence-corrected chi connectivity index (χ2v) is 6.59. The number of anilines is 1. The minimum atomic E-state index is -1.00. The third-order valence-corrected chi connectivity index (χ3v) is 4.70. The highest BCUT2D eigenvalue weighted by molar-refractivity contribution is 6.13. The quantitative estimate of drug-likeness (QED) is 0.740. The van der Waals surface area contributed by atoms with Crippen LogP contribution in [0, 0.1) is 16.7 Å². The molecule has 3 rings (SSSR count). The Kier molecular flexibility index (Phi) is 5.41. The lowest BCUT2D eigenvalue weighted by Crippen LogP contribution is -2.40. The minimum Gasteiger partial charge on any atom is -0.497 e. The molecule has 1 saturated carbocycles. The van der Waals surface area contributed by atoms with Gasteiger partial charge in [-0.3, -0.25) is 9.59 Å². The first kappa shape index (κ1) is 18.5. The molecule has 0 heterocycles. The molecular weight excluding hydrogens is 342 g/mol. The summed E-state index contributed by atoms with van der Waals surface area (Å²) in [6.07, 6.45) is 1.72. The largest absolute Gasteiger partial charge is 0.497 e. The molecule has 6 heteroatoms. The maximum absolute atomic E-state index is 12.6. The smallest absolute Gasteiger partial charge is 0.240 e. The molecule has 0 spiro atoms. The van der Waals surface area contributed by atoms with Gasteiger partial charge in [-0.2, -0.15) is 5.26 Å². The number of nitrogens with one attached hydrogen (secondary N) is 2. The number of carbonyl (C=O) groups is 2. The second kappa shape index (κ2) is 7.92. The number of hydrogen-bond acceptors (Lipinski definition) is 4. The standard InChI is InChI=1S/C21H21N3O3/c1-27-18-7-3-4-15(13-18)8-11-23-19(25)21(9-10-21)20(26)24-17-6-2-5-16(12-17)14-22/h2-7,12-13H,8-11H2,1H3,(H,23,25)(H,24,26). The second-order valence-electron chi connectivity index (χ2n) is 6.59. The average molecular weight is 363 g/mol. The Balaban J connectivity index is 1.55. The average Bonchev–Trinajstić information content (AvgIpc) is 3.50. The van der Waals surface area contributed by atoms with Gasteiger partial charge >= 0.3 is 0 Å². The van der Waals surface area contributed by atoms with E-state index in [1.54, 1.807) is 31.4 Å². The molecule has 138 valence electrons. The molecule has 1 fully saturated rings. The van der Waals surface area contributed by atoms with Crippen molar-refractivity contribution in [2.75, 3.05) is 19.0 Å². The Labute approximate surface area is 158 Å². The number of benzene rings is 2. The molecule has 2 amide bonds. The first-order chi connectivity index (χ1) is 13.1. The van der Waals surface area contributed by atoms with E-state index >= 15 is 0 Å². The number of rotatable bonds is 7. The van der Waals surface area contributed by atoms with Gasteiger partial charge in [-0.1, -0.05) is 18.2 Å². The van der Waals surface area contributed by atoms with Gasteiger partial charge in [0.15, 0.2) is 0 Å². The molecule has 0 saturated heterocycles. The normalized spacial score (nSPS) is 13.9. The molecule has 1 aliphatic carbocycles. The first-order valence-electron chi connectivity index (χ1n) is 8.80. The summed E-state index contributed by atoms with van der Waals surface area (Å²) >= 11 is 0. The van der Waals surface area contributed by atoms with Crippen LogP contribution in [0.15, 0.2) is 48.5 Å². The molecule has 2 N–H and O–H groups in total. The van der Waals surface area contributed by atoms with Crippen LogP contribution in [0.4, 0.5) is 5.69 Å². The van der Waals surface area contributed by atoms with Gasteiger partial charge in [-0.15, -0.1) is 0 Å². The summed E-state index contributed by atoms with van der Waals surface area (Å²) in [4.78, 5) is 25.1. The van der Waals surface area contributed by atoms with Crippen LogP contribution in [0.1, 0.15) is 24.0 Å². The zero-order valence-corrected chi connectivity index (χ0v) is 15.1. The number of nitrogens with zero attached hydrogens (tertiary/aromatic N) is 1. The molecule has 0 bridgehead atoms. The monoisotopic (exact) mass is 363 g/mol. The van der Waals surface area contributed by atoms with Gasteiger partial charge in [0.2, 0.25) is 11.8 Å². The van der Waals surface area contributed by atoms with Crippen molar-refractivity contribution in [3.8, 4) is 11.8 Å². The lowest BCUT2D eigenvalue weighted by Gasteiger charge is -2.15. The lowest BCUT2D eigenvalue weighted by atomic mass is 10.0. The number of hydrogen-bond donors (Lipinski definition) is 2. The van der Waals surface area contributed by atoms with E-state index < -0.39 is 5.41 Å². The van der Waals surface area contributed by atoms with E-state index in [2.05, 4.69) is 10.6 Å². The van der Waals surface area contributed by atoms with Crippen LogP contribution in [0.25, 0.3) is 0 Å². The first-order valence-corrected chi connectivity index (χ1v) is 8.80. The molecule has 0 aromatic heterocycles. The highest BCUT2D eigenvalue weighted by atomic mass is 16.5. The molecule has 2 aromatic carbocycles. The third-order valence-electron chi connectivity index (χ3n) is 4.70. The number of carbonyl (C=O) groups excluding carboxylic acids is 2. The predicted molar refractivity (Wildman–Crippen MR) is 101 cm³/mol. The van der Waals surface area contributed by atoms with Crippen molar-refractivity contribution in [2.24, 2.45) is 5.41 Å². The summed E-state index contributed by atoms with van der Waals surface area (Å²) < 4.78 is 5.19. The fraction of sp³-hybridized carbons (Fsp3) is 0.286. The zero-order chi connectivity index (χ0) is 19.3. The van der Waals surface area contributed by atoms with Crippen LogP contribution in [0.3, 0.4) is 0 Å². The number of ether oxygens (including phenoxy) is 1. The van der Waals surface area contributed by atoms with Crippen molar-refractivity contribution in [3.63, 3.8) is 0 Å². The zero-order valence-electron chi connectivity index (χ0n) is 15.1. The van der Waals surface area contributed by atoms with Gasteiger partial charge in [-0.25, -0.2) is 0 Å². The molecule has 2 aromatic rings. The molecular formula is C21H21N3O3. The van der Waals surface area contributed by atoms with Crippen LogP contribution in [0.5, 0.6) is 5.75 Å². The van der Waals surface area contributed by atoms with Crippen LogP contribution >= 0.6 is 0 Å². The number of nitriles is 1. The van der Waals surface area contributed by atoms with Crippen LogP contribution in [-0.2, 0) is 16.0 Å². The molecule has 27 heavy (non-hydrogen) atoms. The number of amides is 2. The summed E-state index contributed by atoms with van der Waals surface area (Å²) in [5.41, 5.74) is 1.03. The van der Waals surface area contributed by atoms with Gasteiger partial charge in [0.25, 0.3) is 0 Å². The molecule has 0 aliphatic heterocycles. The Morgan fingerprint density at radius 2 is 1.93 bits per heavy atom. The van der Waals surface area contributed by atoms with Crippen LogP contribution < -0.4 is 15.4 Å². The summed E-state index contributed by atoms with van der Waals surface area (Å²) in [5.74, 6) is 0.201. The molecule has 6 nitrogen and oxygen atoms in total. The van der Waals surface area contributed by atoms with Gasteiger partial charge < -0.3 is 15.4 Å². The highest BCUT2D eigenvalue weighted by Crippen LogP contribution is 2.46. The third kappa shape index (κ3) is 4.26. The van der Waals surface area contributed by atoms with Gasteiger partial charge in [0.1, 0.15) is 11.2 Å². The van der Waals surface area contributed by atoms with E-state index in [-0.39, 0.29) is 11.8 Å². The maximum atomic E-state index is 12.6. The Bertz CT molecular complexity index is 898. The van der Waals surface area contributed by atoms with Crippen molar-refractivity contribution in [3.05, 3.63) is 59.7 Å². The molecule has 0 atom stereocenters. The van der Waals surface area contributed by atoms with Gasteiger partial charge in [0.05, 0.1) is 18.7 Å². The van der Waals surface area contributed by atoms with Crippen molar-refractivity contribution < 1.29 is 14.3 Å². The Morgan fingerprint density at radius 3 is 2.63 bits per heavy atom.